The normalized spacial score (nSPS) is 16.7. The Kier molecular flexibility index (Phi) is 4.26. The Morgan fingerprint density at radius 1 is 1.07 bits per heavy atom. The predicted molar refractivity (Wildman–Crippen MR) is 103 cm³/mol. The van der Waals surface area contributed by atoms with E-state index in [4.69, 9.17) is 9.47 Å². The molecule has 2 aromatic rings. The first-order chi connectivity index (χ1) is 13.1. The molecule has 6 heteroatoms. The first kappa shape index (κ1) is 17.4. The Morgan fingerprint density at radius 2 is 1.74 bits per heavy atom. The van der Waals surface area contributed by atoms with Crippen LogP contribution in [-0.4, -0.2) is 26.0 Å². The van der Waals surface area contributed by atoms with Crippen molar-refractivity contribution in [1.29, 1.82) is 0 Å². The van der Waals surface area contributed by atoms with Gasteiger partial charge in [-0.05, 0) is 48.7 Å². The summed E-state index contributed by atoms with van der Waals surface area (Å²) < 4.78 is 10.6. The number of methoxy groups -OCH3 is 2. The topological polar surface area (TPSA) is 76.7 Å². The Bertz CT molecular complexity index is 894. The highest BCUT2D eigenvalue weighted by Crippen LogP contribution is 2.49. The third-order valence-electron chi connectivity index (χ3n) is 5.59. The van der Waals surface area contributed by atoms with Crippen LogP contribution in [0.15, 0.2) is 36.4 Å². The van der Waals surface area contributed by atoms with Gasteiger partial charge in [-0.1, -0.05) is 18.9 Å². The molecular weight excluding hydrogens is 344 g/mol. The van der Waals surface area contributed by atoms with Crippen LogP contribution in [0.4, 0.5) is 11.4 Å². The number of fused-ring (bicyclic) bond motifs is 2. The van der Waals surface area contributed by atoms with Gasteiger partial charge in [0.1, 0.15) is 17.1 Å². The summed E-state index contributed by atoms with van der Waals surface area (Å²) >= 11 is 0. The van der Waals surface area contributed by atoms with Gasteiger partial charge in [0, 0.05) is 11.4 Å². The summed E-state index contributed by atoms with van der Waals surface area (Å²) in [5.74, 6) is 0.640. The third kappa shape index (κ3) is 2.72. The zero-order valence-corrected chi connectivity index (χ0v) is 15.4. The van der Waals surface area contributed by atoms with Crippen molar-refractivity contribution in [2.75, 3.05) is 24.9 Å². The van der Waals surface area contributed by atoms with E-state index < -0.39 is 5.41 Å². The fourth-order valence-electron chi connectivity index (χ4n) is 4.23. The van der Waals surface area contributed by atoms with E-state index in [1.165, 1.54) is 14.2 Å². The molecule has 0 radical (unpaired) electrons. The number of nitrogens with one attached hydrogen (secondary N) is 2. The van der Waals surface area contributed by atoms with E-state index in [1.807, 2.05) is 12.1 Å². The SMILES string of the molecule is COc1cccc(OC)c1C(=O)Nc1ccc2c(c1)C1(CCCC1)C(=O)N2. The summed E-state index contributed by atoms with van der Waals surface area (Å²) in [5.41, 5.74) is 2.37. The van der Waals surface area contributed by atoms with Gasteiger partial charge in [-0.25, -0.2) is 0 Å². The lowest BCUT2D eigenvalue weighted by atomic mass is 9.80. The van der Waals surface area contributed by atoms with Gasteiger partial charge < -0.3 is 20.1 Å². The molecule has 27 heavy (non-hydrogen) atoms. The number of benzene rings is 2. The van der Waals surface area contributed by atoms with Crippen LogP contribution in [0.25, 0.3) is 0 Å². The molecule has 1 saturated carbocycles. The molecule has 0 unspecified atom stereocenters. The molecule has 0 bridgehead atoms. The maximum absolute atomic E-state index is 12.9. The molecule has 1 aliphatic carbocycles. The van der Waals surface area contributed by atoms with Gasteiger partial charge in [0.25, 0.3) is 5.91 Å². The van der Waals surface area contributed by atoms with Gasteiger partial charge in [0.15, 0.2) is 0 Å². The number of hydrogen-bond acceptors (Lipinski definition) is 4. The quantitative estimate of drug-likeness (QED) is 0.865. The highest BCUT2D eigenvalue weighted by Gasteiger charge is 2.48. The highest BCUT2D eigenvalue weighted by atomic mass is 16.5. The van der Waals surface area contributed by atoms with Crippen molar-refractivity contribution in [2.45, 2.75) is 31.1 Å². The fraction of sp³-hybridized carbons (Fsp3) is 0.333. The zero-order valence-electron chi connectivity index (χ0n) is 15.4. The first-order valence-corrected chi connectivity index (χ1v) is 9.07. The van der Waals surface area contributed by atoms with Crippen LogP contribution >= 0.6 is 0 Å². The molecule has 4 rings (SSSR count). The Balaban J connectivity index is 1.67. The molecule has 2 aromatic carbocycles. The summed E-state index contributed by atoms with van der Waals surface area (Å²) in [7, 11) is 3.03. The predicted octanol–water partition coefficient (Wildman–Crippen LogP) is 3.72. The van der Waals surface area contributed by atoms with Crippen LogP contribution in [-0.2, 0) is 10.2 Å². The molecule has 2 N–H and O–H groups in total. The van der Waals surface area contributed by atoms with Gasteiger partial charge in [0.05, 0.1) is 19.6 Å². The monoisotopic (exact) mass is 366 g/mol. The van der Waals surface area contributed by atoms with E-state index >= 15 is 0 Å². The molecule has 6 nitrogen and oxygen atoms in total. The Hall–Kier alpha value is -3.02. The zero-order chi connectivity index (χ0) is 19.0. The summed E-state index contributed by atoms with van der Waals surface area (Å²) in [4.78, 5) is 25.4. The number of amides is 2. The molecule has 2 aliphatic rings. The number of anilines is 2. The summed E-state index contributed by atoms with van der Waals surface area (Å²) in [6.45, 7) is 0. The lowest BCUT2D eigenvalue weighted by molar-refractivity contribution is -0.120. The van der Waals surface area contributed by atoms with Crippen LogP contribution in [0.3, 0.4) is 0 Å². The molecule has 140 valence electrons. The van der Waals surface area contributed by atoms with Crippen molar-refractivity contribution in [3.63, 3.8) is 0 Å². The van der Waals surface area contributed by atoms with Crippen molar-refractivity contribution in [1.82, 2.24) is 0 Å². The maximum Gasteiger partial charge on any atom is 0.263 e. The van der Waals surface area contributed by atoms with Gasteiger partial charge in [-0.3, -0.25) is 9.59 Å². The number of carbonyl (C=O) groups is 2. The second kappa shape index (κ2) is 6.61. The van der Waals surface area contributed by atoms with Crippen LogP contribution in [0.1, 0.15) is 41.6 Å². The summed E-state index contributed by atoms with van der Waals surface area (Å²) in [6, 6.07) is 10.8. The van der Waals surface area contributed by atoms with E-state index in [9.17, 15) is 9.59 Å². The molecule has 1 heterocycles. The van der Waals surface area contributed by atoms with Crippen LogP contribution < -0.4 is 20.1 Å². The molecule has 0 atom stereocenters. The van der Waals surface area contributed by atoms with E-state index in [0.717, 1.165) is 36.9 Å². The highest BCUT2D eigenvalue weighted by molar-refractivity contribution is 6.10. The van der Waals surface area contributed by atoms with Gasteiger partial charge in [-0.2, -0.15) is 0 Å². The van der Waals surface area contributed by atoms with Crippen LogP contribution in [0, 0.1) is 0 Å². The molecule has 1 aliphatic heterocycles. The van der Waals surface area contributed by atoms with Gasteiger partial charge >= 0.3 is 0 Å². The minimum Gasteiger partial charge on any atom is -0.496 e. The molecule has 1 fully saturated rings. The maximum atomic E-state index is 12.9. The summed E-state index contributed by atoms with van der Waals surface area (Å²) in [5, 5.41) is 5.91. The minimum absolute atomic E-state index is 0.0740. The molecule has 0 aromatic heterocycles. The summed E-state index contributed by atoms with van der Waals surface area (Å²) in [6.07, 6.45) is 3.79. The fourth-order valence-corrected chi connectivity index (χ4v) is 4.23. The lowest BCUT2D eigenvalue weighted by Crippen LogP contribution is -2.31. The average molecular weight is 366 g/mol. The Labute approximate surface area is 157 Å². The number of carbonyl (C=O) groups excluding carboxylic acids is 2. The van der Waals surface area contributed by atoms with Crippen molar-refractivity contribution < 1.29 is 19.1 Å². The molecule has 1 spiro atoms. The smallest absolute Gasteiger partial charge is 0.263 e. The van der Waals surface area contributed by atoms with Gasteiger partial charge in [0.2, 0.25) is 5.91 Å². The first-order valence-electron chi connectivity index (χ1n) is 9.07. The molecule has 2 amide bonds. The second-order valence-electron chi connectivity index (χ2n) is 7.00. The largest absolute Gasteiger partial charge is 0.496 e. The number of hydrogen-bond donors (Lipinski definition) is 2. The second-order valence-corrected chi connectivity index (χ2v) is 7.00. The third-order valence-corrected chi connectivity index (χ3v) is 5.59. The number of ether oxygens (including phenoxy) is 2. The van der Waals surface area contributed by atoms with Crippen molar-refractivity contribution in [3.05, 3.63) is 47.5 Å². The van der Waals surface area contributed by atoms with Crippen molar-refractivity contribution in [2.24, 2.45) is 0 Å². The van der Waals surface area contributed by atoms with E-state index in [-0.39, 0.29) is 11.8 Å². The minimum atomic E-state index is -0.446. The van der Waals surface area contributed by atoms with Crippen molar-refractivity contribution >= 4 is 23.2 Å². The lowest BCUT2D eigenvalue weighted by Gasteiger charge is -2.21. The van der Waals surface area contributed by atoms with E-state index in [1.54, 1.807) is 24.3 Å². The standard InChI is InChI=1S/C21H22N2O4/c1-26-16-6-5-7-17(27-2)18(16)19(24)22-13-8-9-15-14(12-13)21(20(25)23-15)10-3-4-11-21/h5-9,12H,3-4,10-11H2,1-2H3,(H,22,24)(H,23,25). The van der Waals surface area contributed by atoms with E-state index in [0.29, 0.717) is 22.7 Å². The molecular formula is C21H22N2O4. The van der Waals surface area contributed by atoms with E-state index in [2.05, 4.69) is 10.6 Å². The average Bonchev–Trinajstić information content (AvgIpc) is 3.28. The van der Waals surface area contributed by atoms with Crippen LogP contribution in [0.5, 0.6) is 11.5 Å². The number of rotatable bonds is 4. The van der Waals surface area contributed by atoms with Crippen LogP contribution in [0.2, 0.25) is 0 Å². The molecule has 0 saturated heterocycles. The van der Waals surface area contributed by atoms with Gasteiger partial charge in [-0.15, -0.1) is 0 Å². The van der Waals surface area contributed by atoms with Crippen molar-refractivity contribution in [3.8, 4) is 11.5 Å². The Morgan fingerprint density at radius 3 is 2.37 bits per heavy atom.